The number of halogens is 1. The van der Waals surface area contributed by atoms with Gasteiger partial charge in [0.15, 0.2) is 5.03 Å². The number of ether oxygens (including phenoxy) is 1. The van der Waals surface area contributed by atoms with E-state index < -0.39 is 21.3 Å². The van der Waals surface area contributed by atoms with Crippen molar-refractivity contribution in [2.45, 2.75) is 36.3 Å². The average Bonchev–Trinajstić information content (AvgIpc) is 3.18. The smallest absolute Gasteiger partial charge is 0.410 e. The summed E-state index contributed by atoms with van der Waals surface area (Å²) in [5, 5.41) is 7.16. The predicted molar refractivity (Wildman–Crippen MR) is 118 cm³/mol. The number of fused-ring (bicyclic) bond motifs is 1. The number of carbonyl (C=O) groups is 1. The Morgan fingerprint density at radius 2 is 1.78 bits per heavy atom. The fraction of sp³-hybridized carbons (Fsp3) is 0.364. The van der Waals surface area contributed by atoms with Gasteiger partial charge in [-0.05, 0) is 51.1 Å². The fourth-order valence-electron chi connectivity index (χ4n) is 3.69. The van der Waals surface area contributed by atoms with E-state index in [2.05, 4.69) is 10.2 Å². The Labute approximate surface area is 185 Å². The largest absolute Gasteiger partial charge is 0.444 e. The van der Waals surface area contributed by atoms with E-state index in [0.29, 0.717) is 42.8 Å². The molecule has 1 N–H and O–H groups in total. The lowest BCUT2D eigenvalue weighted by Gasteiger charge is -2.37. The van der Waals surface area contributed by atoms with Crippen molar-refractivity contribution in [2.24, 2.45) is 0 Å². The molecule has 1 amide bonds. The van der Waals surface area contributed by atoms with E-state index in [1.165, 1.54) is 18.2 Å². The van der Waals surface area contributed by atoms with Crippen LogP contribution in [0.15, 0.2) is 52.4 Å². The summed E-state index contributed by atoms with van der Waals surface area (Å²) in [6.07, 6.45) is -0.368. The summed E-state index contributed by atoms with van der Waals surface area (Å²) in [6.45, 7) is 7.35. The molecule has 0 radical (unpaired) electrons. The Bertz CT molecular complexity index is 1260. The quantitative estimate of drug-likeness (QED) is 0.642. The van der Waals surface area contributed by atoms with Crippen LogP contribution in [-0.2, 0) is 14.6 Å². The molecular weight excluding hydrogens is 435 g/mol. The summed E-state index contributed by atoms with van der Waals surface area (Å²) in [7, 11) is -4.02. The van der Waals surface area contributed by atoms with E-state index in [-0.39, 0.29) is 16.0 Å². The van der Waals surface area contributed by atoms with Gasteiger partial charge in [0.25, 0.3) is 0 Å². The molecule has 4 rings (SSSR count). The van der Waals surface area contributed by atoms with E-state index in [4.69, 9.17) is 4.74 Å². The number of amides is 1. The number of sulfone groups is 1. The number of aromatic amines is 1. The first-order chi connectivity index (χ1) is 15.1. The minimum absolute atomic E-state index is 0.0803. The highest BCUT2D eigenvalue weighted by molar-refractivity contribution is 7.91. The van der Waals surface area contributed by atoms with Crippen molar-refractivity contribution in [1.82, 2.24) is 15.1 Å². The highest BCUT2D eigenvalue weighted by Gasteiger charge is 2.30. The molecule has 1 aromatic heterocycles. The maximum absolute atomic E-state index is 13.7. The second-order valence-corrected chi connectivity index (χ2v) is 10.5. The topological polar surface area (TPSA) is 95.6 Å². The Morgan fingerprint density at radius 3 is 2.44 bits per heavy atom. The van der Waals surface area contributed by atoms with Crippen molar-refractivity contribution in [3.05, 3.63) is 48.3 Å². The van der Waals surface area contributed by atoms with E-state index in [1.54, 1.807) is 17.0 Å². The molecule has 1 fully saturated rings. The van der Waals surface area contributed by atoms with Crippen molar-refractivity contribution in [3.8, 4) is 0 Å². The van der Waals surface area contributed by atoms with E-state index in [9.17, 15) is 17.6 Å². The number of rotatable bonds is 3. The van der Waals surface area contributed by atoms with Crippen molar-refractivity contribution >= 4 is 32.5 Å². The SMILES string of the molecule is CC(C)(C)OC(=O)N1CCN(c2cccc3n[nH]c(S(=O)(=O)c4cccc(F)c4)c23)CC1. The van der Waals surface area contributed by atoms with Gasteiger partial charge in [-0.1, -0.05) is 12.1 Å². The van der Waals surface area contributed by atoms with Crippen LogP contribution in [0.5, 0.6) is 0 Å². The molecule has 8 nitrogen and oxygen atoms in total. The standard InChI is InChI=1S/C22H25FN4O4S/c1-22(2,3)31-21(28)27-12-10-26(11-13-27)18-9-5-8-17-19(18)20(25-24-17)32(29,30)16-7-4-6-15(23)14-16/h4-9,14H,10-13H2,1-3H3,(H,24,25). The molecule has 2 aromatic carbocycles. The number of H-pyrrole nitrogens is 1. The molecule has 1 saturated heterocycles. The van der Waals surface area contributed by atoms with Gasteiger partial charge in [-0.25, -0.2) is 17.6 Å². The van der Waals surface area contributed by atoms with Gasteiger partial charge in [0.2, 0.25) is 9.84 Å². The molecule has 0 bridgehead atoms. The number of benzene rings is 2. The zero-order valence-electron chi connectivity index (χ0n) is 18.1. The van der Waals surface area contributed by atoms with Gasteiger partial charge in [-0.3, -0.25) is 5.10 Å². The molecule has 0 saturated carbocycles. The molecule has 3 aromatic rings. The second-order valence-electron chi connectivity index (χ2n) is 8.64. The van der Waals surface area contributed by atoms with Crippen LogP contribution < -0.4 is 4.90 Å². The number of nitrogens with zero attached hydrogens (tertiary/aromatic N) is 3. The van der Waals surface area contributed by atoms with Crippen LogP contribution in [0, 0.1) is 5.82 Å². The Morgan fingerprint density at radius 1 is 1.09 bits per heavy atom. The third-order valence-corrected chi connectivity index (χ3v) is 6.88. The number of hydrogen-bond acceptors (Lipinski definition) is 6. The number of aromatic nitrogens is 2. The van der Waals surface area contributed by atoms with Crippen LogP contribution in [0.4, 0.5) is 14.9 Å². The molecule has 170 valence electrons. The molecule has 1 aliphatic heterocycles. The minimum Gasteiger partial charge on any atom is -0.444 e. The molecule has 0 atom stereocenters. The second kappa shape index (κ2) is 8.09. The maximum Gasteiger partial charge on any atom is 0.410 e. The van der Waals surface area contributed by atoms with Gasteiger partial charge < -0.3 is 14.5 Å². The van der Waals surface area contributed by atoms with E-state index in [0.717, 1.165) is 6.07 Å². The third-order valence-electron chi connectivity index (χ3n) is 5.17. The number of anilines is 1. The molecular formula is C22H25FN4O4S. The van der Waals surface area contributed by atoms with Crippen molar-refractivity contribution in [2.75, 3.05) is 31.1 Å². The normalized spacial score (nSPS) is 15.2. The Hall–Kier alpha value is -3.14. The van der Waals surface area contributed by atoms with Crippen molar-refractivity contribution < 1.29 is 22.3 Å². The molecule has 32 heavy (non-hydrogen) atoms. The lowest BCUT2D eigenvalue weighted by molar-refractivity contribution is 0.0240. The minimum atomic E-state index is -4.02. The lowest BCUT2D eigenvalue weighted by Crippen LogP contribution is -2.50. The zero-order chi connectivity index (χ0) is 23.1. The average molecular weight is 461 g/mol. The van der Waals surface area contributed by atoms with E-state index in [1.807, 2.05) is 31.7 Å². The number of hydrogen-bond donors (Lipinski definition) is 1. The molecule has 0 unspecified atom stereocenters. The third kappa shape index (κ3) is 4.27. The van der Waals surface area contributed by atoms with Gasteiger partial charge in [0, 0.05) is 31.9 Å². The Balaban J connectivity index is 1.65. The van der Waals surface area contributed by atoms with Crippen molar-refractivity contribution in [3.63, 3.8) is 0 Å². The van der Waals surface area contributed by atoms with Crippen LogP contribution in [0.1, 0.15) is 20.8 Å². The number of carbonyl (C=O) groups excluding carboxylic acids is 1. The van der Waals surface area contributed by atoms with Gasteiger partial charge in [-0.2, -0.15) is 5.10 Å². The first kappa shape index (κ1) is 22.1. The molecule has 0 spiro atoms. The highest BCUT2D eigenvalue weighted by atomic mass is 32.2. The molecule has 2 heterocycles. The molecule has 1 aliphatic rings. The van der Waals surface area contributed by atoms with E-state index >= 15 is 0 Å². The zero-order valence-corrected chi connectivity index (χ0v) is 18.9. The van der Waals surface area contributed by atoms with Crippen LogP contribution in [0.3, 0.4) is 0 Å². The van der Waals surface area contributed by atoms with Crippen molar-refractivity contribution in [1.29, 1.82) is 0 Å². The van der Waals surface area contributed by atoms with Gasteiger partial charge in [0.05, 0.1) is 15.8 Å². The first-order valence-corrected chi connectivity index (χ1v) is 11.8. The van der Waals surface area contributed by atoms with Crippen LogP contribution in [0.2, 0.25) is 0 Å². The summed E-state index contributed by atoms with van der Waals surface area (Å²) < 4.78 is 45.6. The van der Waals surface area contributed by atoms with Gasteiger partial charge in [-0.15, -0.1) is 0 Å². The summed E-state index contributed by atoms with van der Waals surface area (Å²) >= 11 is 0. The van der Waals surface area contributed by atoms with Crippen LogP contribution in [-0.4, -0.2) is 61.4 Å². The summed E-state index contributed by atoms with van der Waals surface area (Å²) in [4.78, 5) is 15.9. The fourth-order valence-corrected chi connectivity index (χ4v) is 5.09. The molecule has 0 aliphatic carbocycles. The summed E-state index contributed by atoms with van der Waals surface area (Å²) in [5.41, 5.74) is 0.610. The maximum atomic E-state index is 13.7. The lowest BCUT2D eigenvalue weighted by atomic mass is 10.2. The summed E-state index contributed by atoms with van der Waals surface area (Å²) in [6, 6.07) is 10.2. The Kier molecular flexibility index (Phi) is 5.58. The monoisotopic (exact) mass is 460 g/mol. The molecule has 10 heteroatoms. The number of nitrogens with one attached hydrogen (secondary N) is 1. The first-order valence-electron chi connectivity index (χ1n) is 10.3. The van der Waals surface area contributed by atoms with Crippen LogP contribution >= 0.6 is 0 Å². The summed E-state index contributed by atoms with van der Waals surface area (Å²) in [5.74, 6) is -0.631. The van der Waals surface area contributed by atoms with Gasteiger partial charge in [0.1, 0.15) is 11.4 Å². The van der Waals surface area contributed by atoms with Gasteiger partial charge >= 0.3 is 6.09 Å². The highest BCUT2D eigenvalue weighted by Crippen LogP contribution is 2.34. The van der Waals surface area contributed by atoms with Crippen LogP contribution in [0.25, 0.3) is 10.9 Å². The number of piperazine rings is 1. The predicted octanol–water partition coefficient (Wildman–Crippen LogP) is 3.59.